The van der Waals surface area contributed by atoms with E-state index in [-0.39, 0.29) is 0 Å². The Balaban J connectivity index is 1.27. The first-order valence-corrected chi connectivity index (χ1v) is 11.9. The van der Waals surface area contributed by atoms with Gasteiger partial charge in [0.15, 0.2) is 0 Å². The van der Waals surface area contributed by atoms with E-state index in [9.17, 15) is 5.11 Å². The van der Waals surface area contributed by atoms with Crippen LogP contribution in [0.5, 0.6) is 0 Å². The normalized spacial score (nSPS) is 12.0. The van der Waals surface area contributed by atoms with Gasteiger partial charge in [-0.2, -0.15) is 5.10 Å². The standard InChI is InChI=1S/C28H25N3OS/c32-26(23-15-13-22(14-16-23)21-8-3-1-4-9-21)19-29-18-24-20-31(25-10-5-2-6-11-25)30-28(24)27-12-7-17-33-27/h1-17,20,26,29,32H,18-19H2. The Kier molecular flexibility index (Phi) is 6.44. The number of aliphatic hydroxyl groups is 1. The van der Waals surface area contributed by atoms with Crippen LogP contribution in [0.3, 0.4) is 0 Å². The Morgan fingerprint density at radius 1 is 0.818 bits per heavy atom. The van der Waals surface area contributed by atoms with E-state index in [1.54, 1.807) is 11.3 Å². The highest BCUT2D eigenvalue weighted by Crippen LogP contribution is 2.28. The molecular formula is C28H25N3OS. The van der Waals surface area contributed by atoms with Crippen molar-refractivity contribution < 1.29 is 5.11 Å². The minimum Gasteiger partial charge on any atom is -0.387 e. The summed E-state index contributed by atoms with van der Waals surface area (Å²) >= 11 is 1.68. The Morgan fingerprint density at radius 3 is 2.21 bits per heavy atom. The molecule has 0 amide bonds. The predicted molar refractivity (Wildman–Crippen MR) is 135 cm³/mol. The summed E-state index contributed by atoms with van der Waals surface area (Å²) in [5.41, 5.74) is 6.33. The second-order valence-electron chi connectivity index (χ2n) is 7.90. The zero-order chi connectivity index (χ0) is 22.5. The minimum atomic E-state index is -0.579. The van der Waals surface area contributed by atoms with E-state index >= 15 is 0 Å². The van der Waals surface area contributed by atoms with Crippen molar-refractivity contribution in [3.8, 4) is 27.4 Å². The van der Waals surface area contributed by atoms with Gasteiger partial charge < -0.3 is 10.4 Å². The molecule has 2 heterocycles. The Hall–Kier alpha value is -3.51. The Morgan fingerprint density at radius 2 is 1.52 bits per heavy atom. The topological polar surface area (TPSA) is 50.1 Å². The lowest BCUT2D eigenvalue weighted by atomic mass is 10.0. The monoisotopic (exact) mass is 451 g/mol. The van der Waals surface area contributed by atoms with Crippen molar-refractivity contribution in [1.29, 1.82) is 0 Å². The average Bonchev–Trinajstić information content (AvgIpc) is 3.55. The van der Waals surface area contributed by atoms with Gasteiger partial charge in [0.25, 0.3) is 0 Å². The van der Waals surface area contributed by atoms with Crippen LogP contribution >= 0.6 is 11.3 Å². The number of hydrogen-bond acceptors (Lipinski definition) is 4. The first-order chi connectivity index (χ1) is 16.3. The molecule has 0 spiro atoms. The molecule has 0 radical (unpaired) electrons. The van der Waals surface area contributed by atoms with Crippen molar-refractivity contribution in [2.24, 2.45) is 0 Å². The zero-order valence-electron chi connectivity index (χ0n) is 18.1. The van der Waals surface area contributed by atoms with Crippen LogP contribution in [0.25, 0.3) is 27.4 Å². The molecule has 2 N–H and O–H groups in total. The van der Waals surface area contributed by atoms with E-state index in [4.69, 9.17) is 5.10 Å². The van der Waals surface area contributed by atoms with E-state index < -0.39 is 6.10 Å². The maximum absolute atomic E-state index is 10.7. The van der Waals surface area contributed by atoms with Crippen LogP contribution < -0.4 is 5.32 Å². The third kappa shape index (κ3) is 4.96. The number of benzene rings is 3. The molecular weight excluding hydrogens is 426 g/mol. The van der Waals surface area contributed by atoms with Crippen molar-refractivity contribution in [2.75, 3.05) is 6.54 Å². The lowest BCUT2D eigenvalue weighted by Crippen LogP contribution is -2.21. The number of thiophene rings is 1. The van der Waals surface area contributed by atoms with E-state index in [2.05, 4.69) is 47.2 Å². The van der Waals surface area contributed by atoms with E-state index in [0.717, 1.165) is 32.9 Å². The van der Waals surface area contributed by atoms with E-state index in [1.807, 2.05) is 71.4 Å². The number of nitrogens with one attached hydrogen (secondary N) is 1. The lowest BCUT2D eigenvalue weighted by molar-refractivity contribution is 0.174. The van der Waals surface area contributed by atoms with Crippen LogP contribution in [-0.4, -0.2) is 21.4 Å². The van der Waals surface area contributed by atoms with Crippen LogP contribution in [0, 0.1) is 0 Å². The van der Waals surface area contributed by atoms with Gasteiger partial charge in [-0.05, 0) is 40.3 Å². The molecule has 1 atom stereocenters. The second-order valence-corrected chi connectivity index (χ2v) is 8.84. The molecule has 2 aromatic heterocycles. The van der Waals surface area contributed by atoms with Gasteiger partial charge in [0.1, 0.15) is 5.69 Å². The third-order valence-electron chi connectivity index (χ3n) is 5.62. The summed E-state index contributed by atoms with van der Waals surface area (Å²) in [7, 11) is 0. The molecule has 5 heteroatoms. The molecule has 164 valence electrons. The first-order valence-electron chi connectivity index (χ1n) is 11.0. The summed E-state index contributed by atoms with van der Waals surface area (Å²) in [5.74, 6) is 0. The van der Waals surface area contributed by atoms with Gasteiger partial charge in [-0.15, -0.1) is 11.3 Å². The van der Waals surface area contributed by atoms with Crippen molar-refractivity contribution >= 4 is 11.3 Å². The quantitative estimate of drug-likeness (QED) is 0.300. The number of aromatic nitrogens is 2. The highest BCUT2D eigenvalue weighted by molar-refractivity contribution is 7.13. The van der Waals surface area contributed by atoms with Gasteiger partial charge in [0.2, 0.25) is 0 Å². The average molecular weight is 452 g/mol. The minimum absolute atomic E-state index is 0.463. The van der Waals surface area contributed by atoms with Gasteiger partial charge in [0, 0.05) is 24.8 Å². The fourth-order valence-corrected chi connectivity index (χ4v) is 4.61. The van der Waals surface area contributed by atoms with Crippen molar-refractivity contribution in [1.82, 2.24) is 15.1 Å². The fourth-order valence-electron chi connectivity index (χ4n) is 3.86. The number of rotatable bonds is 8. The lowest BCUT2D eigenvalue weighted by Gasteiger charge is -2.13. The number of nitrogens with zero attached hydrogens (tertiary/aromatic N) is 2. The van der Waals surface area contributed by atoms with Gasteiger partial charge in [-0.25, -0.2) is 4.68 Å². The largest absolute Gasteiger partial charge is 0.387 e. The zero-order valence-corrected chi connectivity index (χ0v) is 19.0. The van der Waals surface area contributed by atoms with Crippen molar-refractivity contribution in [2.45, 2.75) is 12.6 Å². The van der Waals surface area contributed by atoms with Gasteiger partial charge in [-0.3, -0.25) is 0 Å². The Bertz CT molecular complexity index is 1280. The molecule has 0 fully saturated rings. The van der Waals surface area contributed by atoms with E-state index in [0.29, 0.717) is 13.1 Å². The molecule has 4 nitrogen and oxygen atoms in total. The van der Waals surface area contributed by atoms with Crippen LogP contribution in [0.15, 0.2) is 109 Å². The number of para-hydroxylation sites is 1. The van der Waals surface area contributed by atoms with Crippen LogP contribution in [0.4, 0.5) is 0 Å². The number of aliphatic hydroxyl groups excluding tert-OH is 1. The molecule has 0 aliphatic rings. The molecule has 0 aliphatic carbocycles. The summed E-state index contributed by atoms with van der Waals surface area (Å²) < 4.78 is 1.92. The highest BCUT2D eigenvalue weighted by atomic mass is 32.1. The highest BCUT2D eigenvalue weighted by Gasteiger charge is 2.14. The molecule has 5 aromatic rings. The van der Waals surface area contributed by atoms with Crippen LogP contribution in [0.2, 0.25) is 0 Å². The van der Waals surface area contributed by atoms with Gasteiger partial charge in [-0.1, -0.05) is 78.9 Å². The Labute approximate surface area is 197 Å². The third-order valence-corrected chi connectivity index (χ3v) is 6.50. The SMILES string of the molecule is OC(CNCc1cn(-c2ccccc2)nc1-c1cccs1)c1ccc(-c2ccccc2)cc1. The predicted octanol–water partition coefficient (Wildman–Crippen LogP) is 6.09. The molecule has 33 heavy (non-hydrogen) atoms. The van der Waals surface area contributed by atoms with Crippen molar-refractivity contribution in [3.05, 3.63) is 120 Å². The summed E-state index contributed by atoms with van der Waals surface area (Å²) in [5, 5.41) is 21.0. The second kappa shape index (κ2) is 9.96. The molecule has 5 rings (SSSR count). The van der Waals surface area contributed by atoms with Gasteiger partial charge >= 0.3 is 0 Å². The van der Waals surface area contributed by atoms with Crippen LogP contribution in [-0.2, 0) is 6.54 Å². The van der Waals surface area contributed by atoms with Crippen molar-refractivity contribution in [3.63, 3.8) is 0 Å². The fraction of sp³-hybridized carbons (Fsp3) is 0.107. The van der Waals surface area contributed by atoms with E-state index in [1.165, 1.54) is 5.56 Å². The molecule has 0 saturated carbocycles. The van der Waals surface area contributed by atoms with Crippen LogP contribution in [0.1, 0.15) is 17.2 Å². The summed E-state index contributed by atoms with van der Waals surface area (Å²) in [4.78, 5) is 1.14. The van der Waals surface area contributed by atoms with Gasteiger partial charge in [0.05, 0.1) is 16.7 Å². The summed E-state index contributed by atoms with van der Waals surface area (Å²) in [6, 6.07) is 32.6. The molecule has 0 saturated heterocycles. The summed E-state index contributed by atoms with van der Waals surface area (Å²) in [6.45, 7) is 1.09. The summed E-state index contributed by atoms with van der Waals surface area (Å²) in [6.07, 6.45) is 1.49. The smallest absolute Gasteiger partial charge is 0.107 e. The molecule has 0 bridgehead atoms. The molecule has 3 aromatic carbocycles. The molecule has 0 aliphatic heterocycles. The first kappa shape index (κ1) is 21.3. The number of hydrogen-bond donors (Lipinski definition) is 2. The molecule has 1 unspecified atom stereocenters. The maximum atomic E-state index is 10.7. The maximum Gasteiger partial charge on any atom is 0.107 e.